The van der Waals surface area contributed by atoms with Crippen LogP contribution >= 0.6 is 11.9 Å². The van der Waals surface area contributed by atoms with E-state index in [1.807, 2.05) is 13.2 Å². The molecule has 7 heteroatoms. The van der Waals surface area contributed by atoms with E-state index in [0.29, 0.717) is 19.0 Å². The number of anilines is 1. The van der Waals surface area contributed by atoms with Crippen molar-refractivity contribution >= 4 is 28.8 Å². The molecule has 2 heterocycles. The van der Waals surface area contributed by atoms with Crippen molar-refractivity contribution in [2.75, 3.05) is 31.7 Å². The van der Waals surface area contributed by atoms with E-state index in [2.05, 4.69) is 33.1 Å². The molecule has 0 atom stereocenters. The molecule has 0 aliphatic heterocycles. The van der Waals surface area contributed by atoms with Crippen molar-refractivity contribution in [2.45, 2.75) is 33.7 Å². The van der Waals surface area contributed by atoms with Crippen LogP contribution in [-0.4, -0.2) is 40.5 Å². The van der Waals surface area contributed by atoms with Crippen molar-refractivity contribution in [1.29, 1.82) is 0 Å². The molecule has 0 spiro atoms. The van der Waals surface area contributed by atoms with Gasteiger partial charge in [-0.25, -0.2) is 9.97 Å². The number of hydrogen-bond donors (Lipinski definition) is 2. The summed E-state index contributed by atoms with van der Waals surface area (Å²) in [6.07, 6.45) is 2.87. The molecule has 2 aromatic rings. The number of nitrogens with one attached hydrogen (secondary N) is 1. The van der Waals surface area contributed by atoms with Crippen LogP contribution < -0.4 is 10.5 Å². The highest BCUT2D eigenvalue weighted by Gasteiger charge is 2.16. The molecule has 0 radical (unpaired) electrons. The monoisotopic (exact) mass is 323 g/mol. The predicted molar refractivity (Wildman–Crippen MR) is 93.1 cm³/mol. The van der Waals surface area contributed by atoms with Crippen molar-refractivity contribution in [3.8, 4) is 0 Å². The highest BCUT2D eigenvalue weighted by molar-refractivity contribution is 7.96. The standard InChI is InChI=1S/C15H25N5OS/c1-5-12-19-13-14(10(2)11(3)18-15(13)16)20(12)7-9-21-8-6-17-22-4/h17H,5-9H2,1-4H3,(H2,16,18). The molecule has 0 aliphatic rings. The molecule has 122 valence electrons. The largest absolute Gasteiger partial charge is 0.382 e. The summed E-state index contributed by atoms with van der Waals surface area (Å²) in [5.41, 5.74) is 10.0. The van der Waals surface area contributed by atoms with E-state index in [9.17, 15) is 0 Å². The Balaban J connectivity index is 2.20. The first-order chi connectivity index (χ1) is 10.6. The lowest BCUT2D eigenvalue weighted by atomic mass is 10.2. The first kappa shape index (κ1) is 17.1. The van der Waals surface area contributed by atoms with Crippen molar-refractivity contribution in [3.63, 3.8) is 0 Å². The smallest absolute Gasteiger partial charge is 0.151 e. The molecular weight excluding hydrogens is 298 g/mol. The second kappa shape index (κ2) is 7.80. The summed E-state index contributed by atoms with van der Waals surface area (Å²) in [5, 5.41) is 0. The Morgan fingerprint density at radius 2 is 2.05 bits per heavy atom. The minimum Gasteiger partial charge on any atom is -0.382 e. The summed E-state index contributed by atoms with van der Waals surface area (Å²) in [6.45, 7) is 9.16. The molecule has 2 aromatic heterocycles. The molecule has 0 aliphatic carbocycles. The Bertz CT molecular complexity index is 641. The number of aromatic nitrogens is 3. The fraction of sp³-hybridized carbons (Fsp3) is 0.600. The highest BCUT2D eigenvalue weighted by atomic mass is 32.2. The van der Waals surface area contributed by atoms with Crippen LogP contribution in [0, 0.1) is 13.8 Å². The summed E-state index contributed by atoms with van der Waals surface area (Å²) in [7, 11) is 0. The van der Waals surface area contributed by atoms with Crippen LogP contribution in [0.2, 0.25) is 0 Å². The maximum Gasteiger partial charge on any atom is 0.151 e. The fourth-order valence-electron chi connectivity index (χ4n) is 2.53. The van der Waals surface area contributed by atoms with Gasteiger partial charge >= 0.3 is 0 Å². The number of pyridine rings is 1. The van der Waals surface area contributed by atoms with Gasteiger partial charge in [0.15, 0.2) is 5.82 Å². The minimum absolute atomic E-state index is 0.511. The second-order valence-electron chi connectivity index (χ2n) is 5.15. The quantitative estimate of drug-likeness (QED) is 0.572. The van der Waals surface area contributed by atoms with Gasteiger partial charge in [-0.15, -0.1) is 0 Å². The van der Waals surface area contributed by atoms with E-state index in [4.69, 9.17) is 10.5 Å². The van der Waals surface area contributed by atoms with E-state index >= 15 is 0 Å². The Kier molecular flexibility index (Phi) is 6.05. The van der Waals surface area contributed by atoms with Gasteiger partial charge in [-0.1, -0.05) is 18.9 Å². The van der Waals surface area contributed by atoms with Crippen LogP contribution in [0.3, 0.4) is 0 Å². The Morgan fingerprint density at radius 3 is 2.73 bits per heavy atom. The Hall–Kier alpha value is -1.31. The lowest BCUT2D eigenvalue weighted by Crippen LogP contribution is -2.15. The summed E-state index contributed by atoms with van der Waals surface area (Å²) in [5.74, 6) is 1.54. The molecule has 0 saturated heterocycles. The molecule has 0 bridgehead atoms. The first-order valence-electron chi connectivity index (χ1n) is 7.55. The number of nitrogens with zero attached hydrogens (tertiary/aromatic N) is 3. The summed E-state index contributed by atoms with van der Waals surface area (Å²) in [6, 6.07) is 0. The van der Waals surface area contributed by atoms with Gasteiger partial charge in [0.2, 0.25) is 0 Å². The molecule has 2 rings (SSSR count). The van der Waals surface area contributed by atoms with Crippen LogP contribution in [0.5, 0.6) is 0 Å². The zero-order valence-electron chi connectivity index (χ0n) is 13.8. The third kappa shape index (κ3) is 3.53. The molecule has 0 aromatic carbocycles. The number of nitrogens with two attached hydrogens (primary N) is 1. The average Bonchev–Trinajstić information content (AvgIpc) is 2.88. The highest BCUT2D eigenvalue weighted by Crippen LogP contribution is 2.26. The molecular formula is C15H25N5OS. The van der Waals surface area contributed by atoms with Crippen LogP contribution in [0.1, 0.15) is 24.0 Å². The van der Waals surface area contributed by atoms with Crippen molar-refractivity contribution in [1.82, 2.24) is 19.3 Å². The first-order valence-corrected chi connectivity index (χ1v) is 8.78. The van der Waals surface area contributed by atoms with E-state index in [1.165, 1.54) is 0 Å². The maximum atomic E-state index is 6.04. The second-order valence-corrected chi connectivity index (χ2v) is 5.85. The molecule has 0 fully saturated rings. The lowest BCUT2D eigenvalue weighted by molar-refractivity contribution is 0.132. The number of rotatable bonds is 8. The van der Waals surface area contributed by atoms with Gasteiger partial charge in [0, 0.05) is 25.2 Å². The summed E-state index contributed by atoms with van der Waals surface area (Å²) >= 11 is 1.60. The zero-order chi connectivity index (χ0) is 16.1. The summed E-state index contributed by atoms with van der Waals surface area (Å²) < 4.78 is 11.1. The predicted octanol–water partition coefficient (Wildman–Crippen LogP) is 2.08. The minimum atomic E-state index is 0.511. The topological polar surface area (TPSA) is 78.0 Å². The van der Waals surface area contributed by atoms with Crippen molar-refractivity contribution in [3.05, 3.63) is 17.1 Å². The van der Waals surface area contributed by atoms with Gasteiger partial charge < -0.3 is 15.0 Å². The van der Waals surface area contributed by atoms with Crippen molar-refractivity contribution < 1.29 is 4.74 Å². The molecule has 22 heavy (non-hydrogen) atoms. The number of fused-ring (bicyclic) bond motifs is 1. The van der Waals surface area contributed by atoms with Crippen LogP contribution in [-0.2, 0) is 17.7 Å². The molecule has 3 N–H and O–H groups in total. The van der Waals surface area contributed by atoms with Gasteiger partial charge in [-0.05, 0) is 25.7 Å². The molecule has 0 saturated carbocycles. The Labute approximate surface area is 136 Å². The van der Waals surface area contributed by atoms with E-state index in [-0.39, 0.29) is 0 Å². The van der Waals surface area contributed by atoms with Gasteiger partial charge in [-0.3, -0.25) is 4.72 Å². The van der Waals surface area contributed by atoms with Crippen LogP contribution in [0.15, 0.2) is 0 Å². The fourth-order valence-corrected chi connectivity index (χ4v) is 2.82. The van der Waals surface area contributed by atoms with Gasteiger partial charge in [0.25, 0.3) is 0 Å². The third-order valence-corrected chi connectivity index (χ3v) is 4.24. The van der Waals surface area contributed by atoms with Crippen molar-refractivity contribution in [2.24, 2.45) is 0 Å². The number of hydrogen-bond acceptors (Lipinski definition) is 6. The zero-order valence-corrected chi connectivity index (χ0v) is 14.6. The number of ether oxygens (including phenoxy) is 1. The molecule has 6 nitrogen and oxygen atoms in total. The number of nitrogen functional groups attached to an aromatic ring is 1. The van der Waals surface area contributed by atoms with E-state index in [1.54, 1.807) is 11.9 Å². The summed E-state index contributed by atoms with van der Waals surface area (Å²) in [4.78, 5) is 9.05. The van der Waals surface area contributed by atoms with E-state index < -0.39 is 0 Å². The van der Waals surface area contributed by atoms with Crippen LogP contribution in [0.25, 0.3) is 11.0 Å². The van der Waals surface area contributed by atoms with Gasteiger partial charge in [0.1, 0.15) is 11.3 Å². The SMILES string of the molecule is CCc1nc2c(N)nc(C)c(C)c2n1CCOCCNSC. The molecule has 0 unspecified atom stereocenters. The lowest BCUT2D eigenvalue weighted by Gasteiger charge is -2.11. The van der Waals surface area contributed by atoms with Gasteiger partial charge in [-0.2, -0.15) is 0 Å². The normalized spacial score (nSPS) is 11.5. The number of imidazole rings is 1. The maximum absolute atomic E-state index is 6.04. The van der Waals surface area contributed by atoms with E-state index in [0.717, 1.165) is 47.6 Å². The van der Waals surface area contributed by atoms with Crippen LogP contribution in [0.4, 0.5) is 5.82 Å². The average molecular weight is 323 g/mol. The number of aryl methyl sites for hydroxylation is 3. The third-order valence-electron chi connectivity index (χ3n) is 3.74. The van der Waals surface area contributed by atoms with Gasteiger partial charge in [0.05, 0.1) is 18.7 Å². The molecule has 0 amide bonds. The Morgan fingerprint density at radius 1 is 1.27 bits per heavy atom.